The van der Waals surface area contributed by atoms with Crippen molar-refractivity contribution < 1.29 is 25.2 Å². The summed E-state index contributed by atoms with van der Waals surface area (Å²) in [7, 11) is 0. The first kappa shape index (κ1) is 30.0. The smallest absolute Gasteiger partial charge is 0.503 e. The van der Waals surface area contributed by atoms with Gasteiger partial charge in [-0.05, 0) is 35.0 Å². The Bertz CT molecular complexity index is 2850. The summed E-state index contributed by atoms with van der Waals surface area (Å²) in [5.74, 6) is 1.98. The van der Waals surface area contributed by atoms with E-state index >= 15 is 0 Å². The molecule has 0 aliphatic carbocycles. The Morgan fingerprint density at radius 2 is 1.20 bits per heavy atom. The summed E-state index contributed by atoms with van der Waals surface area (Å²) in [4.78, 5) is 14.9. The molecule has 0 N–H and O–H groups in total. The Hall–Kier alpha value is -6.13. The monoisotopic (exact) mass is 733 g/mol. The molecule has 0 aliphatic heterocycles. The van der Waals surface area contributed by atoms with Crippen molar-refractivity contribution in [2.75, 3.05) is 0 Å². The maximum absolute atomic E-state index is 6.55. The number of pyridine rings is 3. The summed E-state index contributed by atoms with van der Waals surface area (Å²) < 4.78 is 10.8. The first-order valence-electron chi connectivity index (χ1n) is 16.1. The first-order chi connectivity index (χ1) is 24.3. The fraction of sp³-hybridized carbons (Fsp3) is 0. The molecule has 5 heterocycles. The van der Waals surface area contributed by atoms with Gasteiger partial charge in [0.15, 0.2) is 0 Å². The summed E-state index contributed by atoms with van der Waals surface area (Å²) >= 11 is 0. The van der Waals surface area contributed by atoms with Crippen LogP contribution in [0, 0.1) is 12.1 Å². The van der Waals surface area contributed by atoms with Crippen LogP contribution in [0.15, 0.2) is 152 Å². The van der Waals surface area contributed by atoms with Gasteiger partial charge in [0.2, 0.25) is 0 Å². The molecule has 7 heteroatoms. The molecule has 0 radical (unpaired) electrons. The molecule has 5 aromatic carbocycles. The van der Waals surface area contributed by atoms with E-state index in [0.717, 1.165) is 77.6 Å². The van der Waals surface area contributed by atoms with E-state index in [4.69, 9.17) is 14.7 Å². The van der Waals surface area contributed by atoms with Gasteiger partial charge in [0, 0.05) is 40.5 Å². The van der Waals surface area contributed by atoms with Crippen molar-refractivity contribution in [1.82, 2.24) is 23.9 Å². The summed E-state index contributed by atoms with van der Waals surface area (Å²) in [5.41, 5.74) is 7.50. The summed E-state index contributed by atoms with van der Waals surface area (Å²) in [6.07, 6.45) is 3.64. The van der Waals surface area contributed by atoms with Crippen molar-refractivity contribution in [3.8, 4) is 39.8 Å². The van der Waals surface area contributed by atoms with E-state index < -0.39 is 0 Å². The van der Waals surface area contributed by atoms with Crippen molar-refractivity contribution in [2.45, 2.75) is 0 Å². The van der Waals surface area contributed by atoms with Crippen LogP contribution in [0.3, 0.4) is 0 Å². The fourth-order valence-corrected chi connectivity index (χ4v) is 6.95. The van der Waals surface area contributed by atoms with Gasteiger partial charge in [0.1, 0.15) is 11.5 Å². The van der Waals surface area contributed by atoms with Crippen LogP contribution >= 0.6 is 0 Å². The van der Waals surface area contributed by atoms with Crippen LogP contribution in [-0.2, 0) is 20.4 Å². The molecular weight excluding hydrogens is 709 g/mol. The minimum atomic E-state index is 0. The molecule has 6 nitrogen and oxygen atoms in total. The zero-order chi connectivity index (χ0) is 32.3. The molecule has 0 bridgehead atoms. The third-order valence-corrected chi connectivity index (χ3v) is 9.06. The van der Waals surface area contributed by atoms with Gasteiger partial charge in [-0.25, -0.2) is 9.97 Å². The molecule has 0 saturated heterocycles. The van der Waals surface area contributed by atoms with Gasteiger partial charge in [-0.1, -0.05) is 113 Å². The molecule has 10 aromatic rings. The number of fused-ring (bicyclic) bond motifs is 9. The summed E-state index contributed by atoms with van der Waals surface area (Å²) in [6, 6.07) is 54.3. The number of hydrogen-bond acceptors (Lipinski definition) is 4. The molecule has 5 aromatic heterocycles. The number of para-hydroxylation sites is 1. The second-order valence-electron chi connectivity index (χ2n) is 11.9. The topological polar surface area (TPSA) is 57.2 Å². The Morgan fingerprint density at radius 3 is 2.00 bits per heavy atom. The molecule has 0 amide bonds. The third kappa shape index (κ3) is 4.71. The molecule has 0 unspecified atom stereocenters. The van der Waals surface area contributed by atoms with Crippen LogP contribution in [0.1, 0.15) is 0 Å². The number of hydrogen-bond donors (Lipinski definition) is 0. The Morgan fingerprint density at radius 1 is 0.520 bits per heavy atom. The van der Waals surface area contributed by atoms with Crippen LogP contribution in [-0.4, -0.2) is 23.9 Å². The molecule has 50 heavy (non-hydrogen) atoms. The van der Waals surface area contributed by atoms with E-state index in [2.05, 4.69) is 98.9 Å². The molecule has 0 aliphatic rings. The van der Waals surface area contributed by atoms with Gasteiger partial charge >= 0.3 is 20.4 Å². The number of benzene rings is 5. The van der Waals surface area contributed by atoms with Crippen LogP contribution in [0.4, 0.5) is 0 Å². The predicted octanol–water partition coefficient (Wildman–Crippen LogP) is 10.3. The second kappa shape index (κ2) is 12.1. The number of aromatic nitrogens is 5. The largest absolute Gasteiger partial charge is 2.00 e. The van der Waals surface area contributed by atoms with Gasteiger partial charge in [0.05, 0.1) is 17.0 Å². The summed E-state index contributed by atoms with van der Waals surface area (Å²) in [6.45, 7) is 0. The Labute approximate surface area is 300 Å². The van der Waals surface area contributed by atoms with Crippen molar-refractivity contribution in [2.24, 2.45) is 0 Å². The quantitative estimate of drug-likeness (QED) is 0.100. The van der Waals surface area contributed by atoms with Crippen molar-refractivity contribution in [1.29, 1.82) is 0 Å². The SMILES string of the molecule is [Pd+2].[c-]1c(Oc2[c-]c3c(cc2)c2ccccc2n3-c2ccccn2)ccc2c1c1nc(-c3ccccc3)c(-c3ccccc3)n1c1ncccc21. The maximum atomic E-state index is 6.55. The standard InChI is InChI=1S/C43H25N5O.Pd/c1-3-12-28(13-4-1)40-41(29-14-5-2-6-15-29)48-42-35(17-11-25-45-42)32-22-20-30(26-36(32)43(48)46-40)49-31-21-23-34-33-16-7-8-18-37(33)47(38(34)27-31)39-19-9-10-24-44-39;/h1-25H;/q-2;+2. The van der Waals surface area contributed by atoms with Gasteiger partial charge in [-0.3, -0.25) is 4.98 Å². The van der Waals surface area contributed by atoms with Crippen LogP contribution in [0.25, 0.3) is 77.6 Å². The van der Waals surface area contributed by atoms with E-state index in [-0.39, 0.29) is 20.4 Å². The first-order valence-corrected chi connectivity index (χ1v) is 16.1. The number of ether oxygens (including phenoxy) is 1. The molecular formula is C43H25N5OPd. The Kier molecular flexibility index (Phi) is 7.24. The number of imidazole rings is 1. The second-order valence-corrected chi connectivity index (χ2v) is 11.9. The number of nitrogens with zero attached hydrogens (tertiary/aromatic N) is 5. The molecule has 10 rings (SSSR count). The zero-order valence-electron chi connectivity index (χ0n) is 26.4. The van der Waals surface area contributed by atoms with Crippen molar-refractivity contribution >= 4 is 49.3 Å². The molecule has 0 atom stereocenters. The van der Waals surface area contributed by atoms with Crippen molar-refractivity contribution in [3.05, 3.63) is 164 Å². The molecule has 238 valence electrons. The van der Waals surface area contributed by atoms with Gasteiger partial charge in [-0.15, -0.1) is 29.7 Å². The van der Waals surface area contributed by atoms with E-state index in [1.807, 2.05) is 79.1 Å². The molecule has 0 spiro atoms. The van der Waals surface area contributed by atoms with E-state index in [9.17, 15) is 0 Å². The minimum absolute atomic E-state index is 0. The van der Waals surface area contributed by atoms with Crippen molar-refractivity contribution in [3.63, 3.8) is 0 Å². The third-order valence-electron chi connectivity index (χ3n) is 9.06. The average molecular weight is 734 g/mol. The zero-order valence-corrected chi connectivity index (χ0v) is 27.9. The fourth-order valence-electron chi connectivity index (χ4n) is 6.95. The van der Waals surface area contributed by atoms with Gasteiger partial charge < -0.3 is 13.7 Å². The summed E-state index contributed by atoms with van der Waals surface area (Å²) in [5, 5.41) is 5.07. The maximum Gasteiger partial charge on any atom is 2.00 e. The van der Waals surface area contributed by atoms with Crippen LogP contribution < -0.4 is 4.74 Å². The van der Waals surface area contributed by atoms with E-state index in [1.54, 1.807) is 0 Å². The average Bonchev–Trinajstić information content (AvgIpc) is 3.73. The normalized spacial score (nSPS) is 11.4. The number of rotatable bonds is 5. The molecule has 0 fully saturated rings. The minimum Gasteiger partial charge on any atom is -0.503 e. The van der Waals surface area contributed by atoms with E-state index in [1.165, 1.54) is 0 Å². The van der Waals surface area contributed by atoms with Crippen LogP contribution in [0.2, 0.25) is 0 Å². The van der Waals surface area contributed by atoms with E-state index in [0.29, 0.717) is 11.5 Å². The van der Waals surface area contributed by atoms with Gasteiger partial charge in [0.25, 0.3) is 0 Å². The van der Waals surface area contributed by atoms with Gasteiger partial charge in [-0.2, -0.15) is 6.07 Å². The van der Waals surface area contributed by atoms with Crippen LogP contribution in [0.5, 0.6) is 11.5 Å². The predicted molar refractivity (Wildman–Crippen MR) is 195 cm³/mol. The Balaban J connectivity index is 0.00000336. The molecule has 0 saturated carbocycles.